The number of hydrogen-bond acceptors (Lipinski definition) is 3. The van der Waals surface area contributed by atoms with Crippen molar-refractivity contribution < 1.29 is 9.84 Å². The highest BCUT2D eigenvalue weighted by Gasteiger charge is 2.30. The molecule has 1 rings (SSSR count). The molecule has 15 heavy (non-hydrogen) atoms. The van der Waals surface area contributed by atoms with Gasteiger partial charge in [-0.2, -0.15) is 0 Å². The summed E-state index contributed by atoms with van der Waals surface area (Å²) in [5.41, 5.74) is 0.0878. The van der Waals surface area contributed by atoms with Crippen LogP contribution in [0.2, 0.25) is 0 Å². The summed E-state index contributed by atoms with van der Waals surface area (Å²) in [6.07, 6.45) is 5.63. The van der Waals surface area contributed by atoms with Gasteiger partial charge in [-0.1, -0.05) is 13.3 Å². The number of piperidine rings is 1. The molecule has 2 N–H and O–H groups in total. The molecule has 1 fully saturated rings. The van der Waals surface area contributed by atoms with Gasteiger partial charge in [0.05, 0.1) is 0 Å². The second-order valence-electron chi connectivity index (χ2n) is 4.65. The molecule has 0 radical (unpaired) electrons. The van der Waals surface area contributed by atoms with Crippen LogP contribution in [-0.2, 0) is 4.74 Å². The smallest absolute Gasteiger partial charge is 0.0500 e. The van der Waals surface area contributed by atoms with Gasteiger partial charge < -0.3 is 15.2 Å². The Morgan fingerprint density at radius 3 is 2.87 bits per heavy atom. The number of nitrogens with one attached hydrogen (secondary N) is 1. The van der Waals surface area contributed by atoms with E-state index in [4.69, 9.17) is 4.74 Å². The molecule has 0 saturated carbocycles. The Labute approximate surface area is 93.2 Å². The predicted octanol–water partition coefficient (Wildman–Crippen LogP) is 1.56. The van der Waals surface area contributed by atoms with Gasteiger partial charge >= 0.3 is 0 Å². The Bertz CT molecular complexity index is 156. The van der Waals surface area contributed by atoms with Crippen molar-refractivity contribution in [3.63, 3.8) is 0 Å². The van der Waals surface area contributed by atoms with Gasteiger partial charge in [-0.15, -0.1) is 0 Å². The van der Waals surface area contributed by atoms with E-state index in [0.29, 0.717) is 0 Å². The standard InChI is InChI=1S/C12H25NO2/c1-2-3-8-15-9-6-12(11-14)5-4-7-13-10-12/h13-14H,2-11H2,1H3. The Morgan fingerprint density at radius 2 is 2.27 bits per heavy atom. The summed E-state index contributed by atoms with van der Waals surface area (Å²) in [7, 11) is 0. The molecule has 0 amide bonds. The molecule has 3 nitrogen and oxygen atoms in total. The lowest BCUT2D eigenvalue weighted by Crippen LogP contribution is -2.43. The number of unbranched alkanes of at least 4 members (excludes halogenated alkanes) is 1. The fourth-order valence-electron chi connectivity index (χ4n) is 2.09. The second kappa shape index (κ2) is 7.20. The van der Waals surface area contributed by atoms with E-state index in [1.165, 1.54) is 12.8 Å². The van der Waals surface area contributed by atoms with Crippen LogP contribution < -0.4 is 5.32 Å². The van der Waals surface area contributed by atoms with Gasteiger partial charge in [0.15, 0.2) is 0 Å². The Kier molecular flexibility index (Phi) is 6.22. The van der Waals surface area contributed by atoms with Crippen molar-refractivity contribution >= 4 is 0 Å². The van der Waals surface area contributed by atoms with E-state index in [1.54, 1.807) is 0 Å². The molecule has 3 heteroatoms. The molecule has 0 spiro atoms. The molecule has 0 aromatic heterocycles. The van der Waals surface area contributed by atoms with E-state index in [-0.39, 0.29) is 12.0 Å². The van der Waals surface area contributed by atoms with Crippen molar-refractivity contribution in [1.29, 1.82) is 0 Å². The predicted molar refractivity (Wildman–Crippen MR) is 62.0 cm³/mol. The zero-order valence-corrected chi connectivity index (χ0v) is 9.93. The molecule has 90 valence electrons. The number of aliphatic hydroxyl groups excluding tert-OH is 1. The fourth-order valence-corrected chi connectivity index (χ4v) is 2.09. The highest BCUT2D eigenvalue weighted by Crippen LogP contribution is 2.29. The SMILES string of the molecule is CCCCOCCC1(CO)CCCNC1. The molecule has 0 aromatic carbocycles. The quantitative estimate of drug-likeness (QED) is 0.633. The first-order valence-electron chi connectivity index (χ1n) is 6.22. The van der Waals surface area contributed by atoms with E-state index in [1.807, 2.05) is 0 Å². The van der Waals surface area contributed by atoms with Gasteiger partial charge in [0, 0.05) is 31.8 Å². The zero-order valence-electron chi connectivity index (χ0n) is 9.93. The van der Waals surface area contributed by atoms with E-state index < -0.39 is 0 Å². The normalized spacial score (nSPS) is 26.8. The highest BCUT2D eigenvalue weighted by atomic mass is 16.5. The van der Waals surface area contributed by atoms with Crippen LogP contribution in [0.4, 0.5) is 0 Å². The van der Waals surface area contributed by atoms with Crippen LogP contribution in [0.5, 0.6) is 0 Å². The first kappa shape index (κ1) is 12.9. The van der Waals surface area contributed by atoms with Crippen molar-refractivity contribution in [3.8, 4) is 0 Å². The summed E-state index contributed by atoms with van der Waals surface area (Å²) in [5, 5.41) is 12.8. The first-order chi connectivity index (χ1) is 7.33. The summed E-state index contributed by atoms with van der Waals surface area (Å²) >= 11 is 0. The molecule has 1 aliphatic rings. The summed E-state index contributed by atoms with van der Waals surface area (Å²) < 4.78 is 5.56. The van der Waals surface area contributed by atoms with Gasteiger partial charge in [0.25, 0.3) is 0 Å². The molecule has 0 aromatic rings. The Morgan fingerprint density at radius 1 is 1.40 bits per heavy atom. The van der Waals surface area contributed by atoms with Crippen LogP contribution in [0, 0.1) is 5.41 Å². The molecule has 1 atom stereocenters. The molecule has 1 saturated heterocycles. The topological polar surface area (TPSA) is 41.5 Å². The fraction of sp³-hybridized carbons (Fsp3) is 1.00. The molecule has 0 bridgehead atoms. The van der Waals surface area contributed by atoms with Gasteiger partial charge in [-0.25, -0.2) is 0 Å². The third kappa shape index (κ3) is 4.49. The van der Waals surface area contributed by atoms with Crippen LogP contribution >= 0.6 is 0 Å². The molecule has 1 heterocycles. The summed E-state index contributed by atoms with van der Waals surface area (Å²) in [6, 6.07) is 0. The van der Waals surface area contributed by atoms with E-state index >= 15 is 0 Å². The molecular formula is C12H25NO2. The maximum Gasteiger partial charge on any atom is 0.0500 e. The van der Waals surface area contributed by atoms with Gasteiger partial charge in [-0.3, -0.25) is 0 Å². The van der Waals surface area contributed by atoms with Crippen LogP contribution in [0.1, 0.15) is 39.0 Å². The number of hydrogen-bond donors (Lipinski definition) is 2. The van der Waals surface area contributed by atoms with Crippen LogP contribution in [0.15, 0.2) is 0 Å². The van der Waals surface area contributed by atoms with Gasteiger partial charge in [0.2, 0.25) is 0 Å². The van der Waals surface area contributed by atoms with E-state index in [9.17, 15) is 5.11 Å². The maximum absolute atomic E-state index is 9.45. The lowest BCUT2D eigenvalue weighted by molar-refractivity contribution is 0.0397. The summed E-state index contributed by atoms with van der Waals surface area (Å²) in [4.78, 5) is 0. The lowest BCUT2D eigenvalue weighted by Gasteiger charge is -2.36. The minimum Gasteiger partial charge on any atom is -0.396 e. The van der Waals surface area contributed by atoms with Crippen molar-refractivity contribution in [2.24, 2.45) is 5.41 Å². The first-order valence-corrected chi connectivity index (χ1v) is 6.22. The zero-order chi connectivity index (χ0) is 11.0. The average molecular weight is 215 g/mol. The van der Waals surface area contributed by atoms with Gasteiger partial charge in [-0.05, 0) is 32.2 Å². The van der Waals surface area contributed by atoms with Crippen molar-refractivity contribution in [2.75, 3.05) is 32.9 Å². The van der Waals surface area contributed by atoms with Crippen LogP contribution in [0.25, 0.3) is 0 Å². The molecule has 1 unspecified atom stereocenters. The van der Waals surface area contributed by atoms with Gasteiger partial charge in [0.1, 0.15) is 0 Å². The van der Waals surface area contributed by atoms with Crippen molar-refractivity contribution in [2.45, 2.75) is 39.0 Å². The lowest BCUT2D eigenvalue weighted by atomic mass is 9.79. The Balaban J connectivity index is 2.15. The minimum absolute atomic E-state index is 0.0878. The third-order valence-electron chi connectivity index (χ3n) is 3.32. The maximum atomic E-state index is 9.45. The van der Waals surface area contributed by atoms with Crippen LogP contribution in [0.3, 0.4) is 0 Å². The number of ether oxygens (including phenoxy) is 1. The van der Waals surface area contributed by atoms with Crippen LogP contribution in [-0.4, -0.2) is 38.0 Å². The molecule has 1 aliphatic heterocycles. The van der Waals surface area contributed by atoms with E-state index in [2.05, 4.69) is 12.2 Å². The molecule has 0 aliphatic carbocycles. The van der Waals surface area contributed by atoms with E-state index in [0.717, 1.165) is 45.6 Å². The monoisotopic (exact) mass is 215 g/mol. The second-order valence-corrected chi connectivity index (χ2v) is 4.65. The number of rotatable bonds is 7. The highest BCUT2D eigenvalue weighted by molar-refractivity contribution is 4.84. The minimum atomic E-state index is 0.0878. The summed E-state index contributed by atoms with van der Waals surface area (Å²) in [6.45, 7) is 6.16. The largest absolute Gasteiger partial charge is 0.396 e. The number of aliphatic hydroxyl groups is 1. The Hall–Kier alpha value is -0.120. The molecular weight excluding hydrogens is 190 g/mol. The van der Waals surface area contributed by atoms with Crippen molar-refractivity contribution in [1.82, 2.24) is 5.32 Å². The average Bonchev–Trinajstić information content (AvgIpc) is 2.30. The third-order valence-corrected chi connectivity index (χ3v) is 3.32. The van der Waals surface area contributed by atoms with Crippen molar-refractivity contribution in [3.05, 3.63) is 0 Å². The summed E-state index contributed by atoms with van der Waals surface area (Å²) in [5.74, 6) is 0.